The second-order valence-electron chi connectivity index (χ2n) is 9.24. The first-order valence-electron chi connectivity index (χ1n) is 11.7. The molecule has 2 fully saturated rings. The highest BCUT2D eigenvalue weighted by Gasteiger charge is 2.65. The average molecular weight is 530 g/mol. The molecule has 1 amide bonds. The summed E-state index contributed by atoms with van der Waals surface area (Å²) < 4.78 is 92.1. The maximum absolute atomic E-state index is 14.5. The third-order valence-corrected chi connectivity index (χ3v) is 7.03. The normalized spacial score (nSPS) is 26.6. The number of ether oxygens (including phenoxy) is 4. The lowest BCUT2D eigenvalue weighted by molar-refractivity contribution is -0.272. The molecule has 0 radical (unpaired) electrons. The molecule has 7 nitrogen and oxygen atoms in total. The molecule has 37 heavy (non-hydrogen) atoms. The van der Waals surface area contributed by atoms with Crippen LogP contribution in [0.5, 0.6) is 11.6 Å². The van der Waals surface area contributed by atoms with E-state index in [1.165, 1.54) is 25.3 Å². The van der Waals surface area contributed by atoms with Gasteiger partial charge in [-0.1, -0.05) is 13.0 Å². The van der Waals surface area contributed by atoms with E-state index >= 15 is 0 Å². The molecular formula is C25H27F5N2O5. The Labute approximate surface area is 210 Å². The molecule has 0 bridgehead atoms. The number of anilines is 1. The Morgan fingerprint density at radius 3 is 2.54 bits per heavy atom. The molecule has 2 saturated heterocycles. The van der Waals surface area contributed by atoms with Crippen molar-refractivity contribution in [3.8, 4) is 11.6 Å². The number of hydrogen-bond acceptors (Lipinski definition) is 6. The molecule has 0 unspecified atom stereocenters. The van der Waals surface area contributed by atoms with Gasteiger partial charge in [-0.3, -0.25) is 4.79 Å². The van der Waals surface area contributed by atoms with Crippen LogP contribution in [0.3, 0.4) is 0 Å². The van der Waals surface area contributed by atoms with Gasteiger partial charge in [0.05, 0.1) is 20.3 Å². The van der Waals surface area contributed by atoms with Crippen LogP contribution in [0.4, 0.5) is 27.6 Å². The van der Waals surface area contributed by atoms with E-state index in [0.29, 0.717) is 26.1 Å². The van der Waals surface area contributed by atoms with Gasteiger partial charge in [0.15, 0.2) is 17.2 Å². The molecule has 1 N–H and O–H groups in total. The van der Waals surface area contributed by atoms with E-state index in [9.17, 15) is 26.7 Å². The summed E-state index contributed by atoms with van der Waals surface area (Å²) in [6, 6.07) is 4.78. The van der Waals surface area contributed by atoms with Crippen LogP contribution in [0.15, 0.2) is 30.5 Å². The van der Waals surface area contributed by atoms with Crippen LogP contribution in [-0.2, 0) is 14.3 Å². The zero-order chi connectivity index (χ0) is 27.0. The van der Waals surface area contributed by atoms with E-state index in [4.69, 9.17) is 18.9 Å². The first kappa shape index (κ1) is 27.1. The van der Waals surface area contributed by atoms with Crippen molar-refractivity contribution in [3.05, 3.63) is 47.7 Å². The zero-order valence-corrected chi connectivity index (χ0v) is 20.4. The fourth-order valence-electron chi connectivity index (χ4n) is 4.77. The van der Waals surface area contributed by atoms with Crippen molar-refractivity contribution in [3.63, 3.8) is 0 Å². The summed E-state index contributed by atoms with van der Waals surface area (Å²) in [5.74, 6) is -6.52. The third kappa shape index (κ3) is 5.22. The number of methoxy groups -OCH3 is 1. The summed E-state index contributed by atoms with van der Waals surface area (Å²) in [6.45, 7) is 3.17. The second-order valence-corrected chi connectivity index (χ2v) is 9.24. The maximum Gasteiger partial charge on any atom is 0.417 e. The number of hydrogen-bond donors (Lipinski definition) is 1. The molecule has 2 aliphatic rings. The van der Waals surface area contributed by atoms with Crippen molar-refractivity contribution in [2.75, 3.05) is 25.6 Å². The van der Waals surface area contributed by atoms with Crippen LogP contribution in [0.1, 0.15) is 38.2 Å². The van der Waals surface area contributed by atoms with E-state index in [1.54, 1.807) is 0 Å². The lowest BCUT2D eigenvalue weighted by Gasteiger charge is -2.32. The van der Waals surface area contributed by atoms with Gasteiger partial charge < -0.3 is 24.3 Å². The molecule has 4 atom stereocenters. The number of rotatable bonds is 6. The average Bonchev–Trinajstić information content (AvgIpc) is 3.13. The Morgan fingerprint density at radius 2 is 1.89 bits per heavy atom. The predicted molar refractivity (Wildman–Crippen MR) is 121 cm³/mol. The number of nitrogens with zero attached hydrogens (tertiary/aromatic N) is 1. The van der Waals surface area contributed by atoms with Gasteiger partial charge in [-0.25, -0.2) is 9.37 Å². The van der Waals surface area contributed by atoms with Crippen molar-refractivity contribution in [1.29, 1.82) is 0 Å². The van der Waals surface area contributed by atoms with E-state index in [2.05, 4.69) is 10.3 Å². The Morgan fingerprint density at radius 1 is 1.19 bits per heavy atom. The van der Waals surface area contributed by atoms with Gasteiger partial charge in [-0.15, -0.1) is 0 Å². The quantitative estimate of drug-likeness (QED) is 0.530. The molecule has 202 valence electrons. The highest BCUT2D eigenvalue weighted by atomic mass is 19.4. The number of carbonyl (C=O) groups excluding carboxylic acids is 1. The molecule has 4 rings (SSSR count). The van der Waals surface area contributed by atoms with Crippen molar-refractivity contribution in [1.82, 2.24) is 4.98 Å². The minimum atomic E-state index is -4.85. The SMILES string of the molecule is COc1c([C@H]2[C@H](C(=O)Nc3ccnc(OC4CCOCC4)c3)O[C@@](C)(C(F)(F)F)[C@H]2C)ccc(F)c1F. The van der Waals surface area contributed by atoms with E-state index in [-0.39, 0.29) is 23.2 Å². The van der Waals surface area contributed by atoms with Crippen molar-refractivity contribution in [2.24, 2.45) is 5.92 Å². The number of aromatic nitrogens is 1. The molecule has 0 saturated carbocycles. The van der Waals surface area contributed by atoms with Crippen molar-refractivity contribution < 1.29 is 45.7 Å². The van der Waals surface area contributed by atoms with E-state index in [0.717, 1.165) is 26.2 Å². The van der Waals surface area contributed by atoms with Gasteiger partial charge in [0.1, 0.15) is 12.2 Å². The van der Waals surface area contributed by atoms with Crippen LogP contribution in [0.2, 0.25) is 0 Å². The number of amides is 1. The monoisotopic (exact) mass is 530 g/mol. The highest BCUT2D eigenvalue weighted by Crippen LogP contribution is 2.55. The van der Waals surface area contributed by atoms with Crippen LogP contribution >= 0.6 is 0 Å². The number of halogens is 5. The first-order valence-corrected chi connectivity index (χ1v) is 11.7. The van der Waals surface area contributed by atoms with E-state index < -0.39 is 53.0 Å². The summed E-state index contributed by atoms with van der Waals surface area (Å²) in [5, 5.41) is 2.55. The summed E-state index contributed by atoms with van der Waals surface area (Å²) in [5.41, 5.74) is -2.64. The lowest BCUT2D eigenvalue weighted by atomic mass is 9.77. The third-order valence-electron chi connectivity index (χ3n) is 7.03. The number of carbonyl (C=O) groups is 1. The fraction of sp³-hybridized carbons (Fsp3) is 0.520. The van der Waals surface area contributed by atoms with Gasteiger partial charge in [-0.2, -0.15) is 17.6 Å². The summed E-state index contributed by atoms with van der Waals surface area (Å²) in [7, 11) is 1.07. The number of benzene rings is 1. The molecular weight excluding hydrogens is 503 g/mol. The number of nitrogens with one attached hydrogen (secondary N) is 1. The van der Waals surface area contributed by atoms with Crippen molar-refractivity contribution >= 4 is 11.6 Å². The summed E-state index contributed by atoms with van der Waals surface area (Å²) >= 11 is 0. The molecule has 2 aliphatic heterocycles. The number of pyridine rings is 1. The topological polar surface area (TPSA) is 78.9 Å². The Balaban J connectivity index is 1.64. The Hall–Kier alpha value is -2.99. The minimum absolute atomic E-state index is 0.111. The van der Waals surface area contributed by atoms with Crippen LogP contribution in [-0.4, -0.2) is 55.2 Å². The van der Waals surface area contributed by atoms with Gasteiger partial charge in [-0.05, 0) is 19.1 Å². The fourth-order valence-corrected chi connectivity index (χ4v) is 4.77. The molecule has 3 heterocycles. The van der Waals surface area contributed by atoms with Gasteiger partial charge in [0, 0.05) is 48.2 Å². The highest BCUT2D eigenvalue weighted by molar-refractivity contribution is 5.95. The van der Waals surface area contributed by atoms with Gasteiger partial charge in [0.25, 0.3) is 5.91 Å². The summed E-state index contributed by atoms with van der Waals surface area (Å²) in [4.78, 5) is 17.4. The molecule has 1 aromatic heterocycles. The van der Waals surface area contributed by atoms with E-state index in [1.807, 2.05) is 0 Å². The van der Waals surface area contributed by atoms with Gasteiger partial charge >= 0.3 is 6.18 Å². The standard InChI is InChI=1S/C25H27F5N2O5/c1-13-19(16-4-5-17(26)20(27)21(16)34-3)22(37-24(13,2)25(28,29)30)23(33)32-14-6-9-31-18(12-14)36-15-7-10-35-11-8-15/h4-6,9,12-13,15,19,22H,7-8,10-11H2,1-3H3,(H,31,32,33)/t13-,19-,22+,24+/m0/s1. The minimum Gasteiger partial charge on any atom is -0.493 e. The van der Waals surface area contributed by atoms with Crippen LogP contribution in [0.25, 0.3) is 0 Å². The van der Waals surface area contributed by atoms with Gasteiger partial charge in [0.2, 0.25) is 11.7 Å². The zero-order valence-electron chi connectivity index (χ0n) is 20.4. The predicted octanol–water partition coefficient (Wildman–Crippen LogP) is 5.00. The molecule has 2 aromatic rings. The largest absolute Gasteiger partial charge is 0.493 e. The molecule has 1 aromatic carbocycles. The lowest BCUT2D eigenvalue weighted by Crippen LogP contribution is -2.47. The molecule has 12 heteroatoms. The first-order chi connectivity index (χ1) is 17.5. The number of alkyl halides is 3. The maximum atomic E-state index is 14.5. The Bertz CT molecular complexity index is 1140. The smallest absolute Gasteiger partial charge is 0.417 e. The van der Waals surface area contributed by atoms with Crippen molar-refractivity contribution in [2.45, 2.75) is 56.6 Å². The van der Waals surface area contributed by atoms with Crippen LogP contribution in [0, 0.1) is 17.6 Å². The Kier molecular flexibility index (Phi) is 7.61. The van der Waals surface area contributed by atoms with Crippen LogP contribution < -0.4 is 14.8 Å². The molecule has 0 spiro atoms. The second kappa shape index (κ2) is 10.4. The summed E-state index contributed by atoms with van der Waals surface area (Å²) in [6.07, 6.45) is -3.96. The molecule has 0 aliphatic carbocycles.